The number of aromatic nitrogens is 2. The molecule has 0 atom stereocenters. The molecule has 0 aliphatic heterocycles. The third-order valence-electron chi connectivity index (χ3n) is 2.63. The van der Waals surface area contributed by atoms with Crippen LogP contribution in [0.25, 0.3) is 0 Å². The molecular weight excluding hydrogens is 410 g/mol. The molecule has 0 spiro atoms. The normalized spacial score (nSPS) is 11.8. The number of nitrogens with one attached hydrogen (secondary N) is 1. The summed E-state index contributed by atoms with van der Waals surface area (Å²) < 4.78 is 30.0. The minimum absolute atomic E-state index is 0.224. The fourth-order valence-electron chi connectivity index (χ4n) is 1.68. The SMILES string of the molecule is Cn1ccc(CCNS(=O)(=O)c2ccc(Br)cc2Br)n1. The lowest BCUT2D eigenvalue weighted by Gasteiger charge is -2.08. The molecule has 8 heteroatoms. The van der Waals surface area contributed by atoms with Gasteiger partial charge in [0.15, 0.2) is 0 Å². The summed E-state index contributed by atoms with van der Waals surface area (Å²) in [4.78, 5) is 0.224. The molecule has 0 radical (unpaired) electrons. The second kappa shape index (κ2) is 6.38. The maximum absolute atomic E-state index is 12.2. The molecule has 1 N–H and O–H groups in total. The van der Waals surface area contributed by atoms with E-state index < -0.39 is 10.0 Å². The fourth-order valence-corrected chi connectivity index (χ4v) is 4.46. The van der Waals surface area contributed by atoms with Crippen LogP contribution in [-0.4, -0.2) is 24.7 Å². The van der Waals surface area contributed by atoms with Gasteiger partial charge in [-0.05, 0) is 40.2 Å². The maximum Gasteiger partial charge on any atom is 0.241 e. The van der Waals surface area contributed by atoms with Crippen LogP contribution < -0.4 is 4.72 Å². The van der Waals surface area contributed by atoms with Gasteiger partial charge in [0.25, 0.3) is 0 Å². The quantitative estimate of drug-likeness (QED) is 0.804. The zero-order valence-electron chi connectivity index (χ0n) is 10.7. The average Bonchev–Trinajstić information content (AvgIpc) is 2.74. The van der Waals surface area contributed by atoms with Crippen molar-refractivity contribution in [3.8, 4) is 0 Å². The monoisotopic (exact) mass is 421 g/mol. The van der Waals surface area contributed by atoms with E-state index in [4.69, 9.17) is 0 Å². The van der Waals surface area contributed by atoms with E-state index in [2.05, 4.69) is 41.7 Å². The lowest BCUT2D eigenvalue weighted by molar-refractivity contribution is 0.580. The van der Waals surface area contributed by atoms with E-state index in [0.29, 0.717) is 17.4 Å². The highest BCUT2D eigenvalue weighted by Gasteiger charge is 2.17. The van der Waals surface area contributed by atoms with Crippen molar-refractivity contribution in [2.75, 3.05) is 6.54 Å². The Hall–Kier alpha value is -0.700. The van der Waals surface area contributed by atoms with Gasteiger partial charge < -0.3 is 0 Å². The van der Waals surface area contributed by atoms with E-state index >= 15 is 0 Å². The third-order valence-corrected chi connectivity index (χ3v) is 5.56. The van der Waals surface area contributed by atoms with Gasteiger partial charge in [0.2, 0.25) is 10.0 Å². The predicted molar refractivity (Wildman–Crippen MR) is 83.9 cm³/mol. The topological polar surface area (TPSA) is 64.0 Å². The van der Waals surface area contributed by atoms with Gasteiger partial charge in [-0.25, -0.2) is 13.1 Å². The van der Waals surface area contributed by atoms with E-state index in [0.717, 1.165) is 10.2 Å². The van der Waals surface area contributed by atoms with Crippen LogP contribution in [0.3, 0.4) is 0 Å². The van der Waals surface area contributed by atoms with E-state index in [9.17, 15) is 8.42 Å². The standard InChI is InChI=1S/C12H13Br2N3O2S/c1-17-7-5-10(16-17)4-6-15-20(18,19)12-3-2-9(13)8-11(12)14/h2-3,5,7-8,15H,4,6H2,1H3. The Morgan fingerprint density at radius 3 is 2.65 bits per heavy atom. The van der Waals surface area contributed by atoms with Gasteiger partial charge in [-0.3, -0.25) is 4.68 Å². The maximum atomic E-state index is 12.2. The van der Waals surface area contributed by atoms with Crippen molar-refractivity contribution < 1.29 is 8.42 Å². The second-order valence-electron chi connectivity index (χ2n) is 4.20. The number of nitrogens with zero attached hydrogens (tertiary/aromatic N) is 2. The molecule has 5 nitrogen and oxygen atoms in total. The molecule has 2 aromatic rings. The number of hydrogen-bond acceptors (Lipinski definition) is 3. The van der Waals surface area contributed by atoms with Crippen molar-refractivity contribution in [3.05, 3.63) is 45.1 Å². The van der Waals surface area contributed by atoms with Crippen molar-refractivity contribution in [2.24, 2.45) is 7.05 Å². The van der Waals surface area contributed by atoms with Gasteiger partial charge in [-0.1, -0.05) is 15.9 Å². The fraction of sp³-hybridized carbons (Fsp3) is 0.250. The smallest absolute Gasteiger partial charge is 0.241 e. The average molecular weight is 423 g/mol. The lowest BCUT2D eigenvalue weighted by atomic mass is 10.3. The Morgan fingerprint density at radius 1 is 1.30 bits per heavy atom. The van der Waals surface area contributed by atoms with E-state index in [1.165, 1.54) is 0 Å². The zero-order valence-corrected chi connectivity index (χ0v) is 14.7. The van der Waals surface area contributed by atoms with Crippen LogP contribution in [-0.2, 0) is 23.5 Å². The predicted octanol–water partition coefficient (Wildman–Crippen LogP) is 2.47. The minimum atomic E-state index is -3.52. The lowest BCUT2D eigenvalue weighted by Crippen LogP contribution is -2.26. The van der Waals surface area contributed by atoms with Gasteiger partial charge in [0.1, 0.15) is 0 Å². The van der Waals surface area contributed by atoms with Crippen molar-refractivity contribution in [2.45, 2.75) is 11.3 Å². The number of aryl methyl sites for hydroxylation is 1. The van der Waals surface area contributed by atoms with Crippen molar-refractivity contribution in [1.82, 2.24) is 14.5 Å². The number of benzene rings is 1. The Kier molecular flexibility index (Phi) is 5.00. The Bertz CT molecular complexity index is 713. The summed E-state index contributed by atoms with van der Waals surface area (Å²) in [7, 11) is -1.70. The van der Waals surface area contributed by atoms with Crippen LogP contribution >= 0.6 is 31.9 Å². The van der Waals surface area contributed by atoms with E-state index in [1.807, 2.05) is 19.3 Å². The van der Waals surface area contributed by atoms with Gasteiger partial charge in [0.05, 0.1) is 10.6 Å². The molecule has 1 heterocycles. The molecule has 0 saturated heterocycles. The summed E-state index contributed by atoms with van der Waals surface area (Å²) in [6, 6.07) is 6.81. The highest BCUT2D eigenvalue weighted by Crippen LogP contribution is 2.25. The molecule has 0 aliphatic carbocycles. The van der Waals surface area contributed by atoms with E-state index in [1.54, 1.807) is 22.9 Å². The van der Waals surface area contributed by atoms with Crippen molar-refractivity contribution >= 4 is 41.9 Å². The first-order valence-corrected chi connectivity index (χ1v) is 8.88. The highest BCUT2D eigenvalue weighted by atomic mass is 79.9. The molecule has 0 unspecified atom stereocenters. The van der Waals surface area contributed by atoms with E-state index in [-0.39, 0.29) is 4.90 Å². The third kappa shape index (κ3) is 3.91. The van der Waals surface area contributed by atoms with Gasteiger partial charge in [-0.2, -0.15) is 5.10 Å². The number of halogens is 2. The van der Waals surface area contributed by atoms with Crippen molar-refractivity contribution in [1.29, 1.82) is 0 Å². The first-order chi connectivity index (χ1) is 9.38. The van der Waals surface area contributed by atoms with Crippen molar-refractivity contribution in [3.63, 3.8) is 0 Å². The second-order valence-corrected chi connectivity index (χ2v) is 7.71. The summed E-state index contributed by atoms with van der Waals surface area (Å²) in [6.45, 7) is 0.307. The van der Waals surface area contributed by atoms with Gasteiger partial charge in [0, 0.05) is 35.2 Å². The van der Waals surface area contributed by atoms with Crippen LogP contribution in [0.4, 0.5) is 0 Å². The number of hydrogen-bond donors (Lipinski definition) is 1. The van der Waals surface area contributed by atoms with Crippen LogP contribution in [0.15, 0.2) is 44.3 Å². The number of sulfonamides is 1. The van der Waals surface area contributed by atoms with Crippen LogP contribution in [0, 0.1) is 0 Å². The van der Waals surface area contributed by atoms with Gasteiger partial charge in [-0.15, -0.1) is 0 Å². The summed E-state index contributed by atoms with van der Waals surface area (Å²) in [5.41, 5.74) is 0.852. The van der Waals surface area contributed by atoms with Crippen LogP contribution in [0.5, 0.6) is 0 Å². The Balaban J connectivity index is 2.04. The Labute approximate surface area is 134 Å². The molecule has 0 fully saturated rings. The summed E-state index contributed by atoms with van der Waals surface area (Å²) >= 11 is 6.55. The first-order valence-electron chi connectivity index (χ1n) is 5.82. The molecular formula is C12H13Br2N3O2S. The molecule has 108 valence electrons. The molecule has 20 heavy (non-hydrogen) atoms. The largest absolute Gasteiger partial charge is 0.276 e. The highest BCUT2D eigenvalue weighted by molar-refractivity contribution is 9.11. The minimum Gasteiger partial charge on any atom is -0.276 e. The van der Waals surface area contributed by atoms with Crippen LogP contribution in [0.1, 0.15) is 5.69 Å². The molecule has 1 aromatic carbocycles. The van der Waals surface area contributed by atoms with Crippen LogP contribution in [0.2, 0.25) is 0 Å². The molecule has 0 bridgehead atoms. The molecule has 0 amide bonds. The molecule has 2 rings (SSSR count). The summed E-state index contributed by atoms with van der Waals surface area (Å²) in [5, 5.41) is 4.20. The first kappa shape index (κ1) is 15.7. The summed E-state index contributed by atoms with van der Waals surface area (Å²) in [6.07, 6.45) is 2.38. The van der Waals surface area contributed by atoms with Gasteiger partial charge >= 0.3 is 0 Å². The zero-order chi connectivity index (χ0) is 14.8. The molecule has 0 aliphatic rings. The Morgan fingerprint density at radius 2 is 2.05 bits per heavy atom. The number of rotatable bonds is 5. The summed E-state index contributed by atoms with van der Waals surface area (Å²) in [5.74, 6) is 0. The molecule has 0 saturated carbocycles. The molecule has 1 aromatic heterocycles.